The standard InChI is InChI=1S/C22H26O4/c1-3-4-5-6-14-25-21(23)19-10-12-20(13-11-19)22(24)26-16-18-9-7-8-17(2)15-18/h7-13,15H,3-6,14,16H2,1-2H3. The van der Waals surface area contributed by atoms with Crippen LogP contribution in [-0.2, 0) is 16.1 Å². The van der Waals surface area contributed by atoms with Crippen molar-refractivity contribution in [2.45, 2.75) is 46.1 Å². The first kappa shape index (κ1) is 19.7. The lowest BCUT2D eigenvalue weighted by atomic mass is 10.1. The Morgan fingerprint density at radius 2 is 1.50 bits per heavy atom. The summed E-state index contributed by atoms with van der Waals surface area (Å²) in [5, 5.41) is 0. The van der Waals surface area contributed by atoms with Crippen LogP contribution in [0.2, 0.25) is 0 Å². The van der Waals surface area contributed by atoms with Crippen LogP contribution in [0.15, 0.2) is 48.5 Å². The molecule has 4 heteroatoms. The van der Waals surface area contributed by atoms with Crippen LogP contribution < -0.4 is 0 Å². The van der Waals surface area contributed by atoms with Gasteiger partial charge in [0.25, 0.3) is 0 Å². The first-order chi connectivity index (χ1) is 12.6. The quantitative estimate of drug-likeness (QED) is 0.465. The van der Waals surface area contributed by atoms with Gasteiger partial charge in [-0.15, -0.1) is 0 Å². The zero-order chi connectivity index (χ0) is 18.8. The summed E-state index contributed by atoms with van der Waals surface area (Å²) in [7, 11) is 0. The molecule has 0 aliphatic rings. The summed E-state index contributed by atoms with van der Waals surface area (Å²) in [6, 6.07) is 14.2. The van der Waals surface area contributed by atoms with Crippen molar-refractivity contribution in [1.82, 2.24) is 0 Å². The van der Waals surface area contributed by atoms with E-state index in [2.05, 4.69) is 6.92 Å². The van der Waals surface area contributed by atoms with Crippen molar-refractivity contribution in [3.05, 3.63) is 70.8 Å². The fourth-order valence-electron chi connectivity index (χ4n) is 2.55. The van der Waals surface area contributed by atoms with Crippen LogP contribution in [0.1, 0.15) is 64.4 Å². The third-order valence-corrected chi connectivity index (χ3v) is 4.04. The van der Waals surface area contributed by atoms with Crippen molar-refractivity contribution < 1.29 is 19.1 Å². The van der Waals surface area contributed by atoms with Gasteiger partial charge >= 0.3 is 11.9 Å². The number of unbranched alkanes of at least 4 members (excludes halogenated alkanes) is 3. The van der Waals surface area contributed by atoms with E-state index in [1.165, 1.54) is 0 Å². The minimum atomic E-state index is -0.411. The first-order valence-corrected chi connectivity index (χ1v) is 9.10. The van der Waals surface area contributed by atoms with E-state index in [0.29, 0.717) is 17.7 Å². The molecule has 26 heavy (non-hydrogen) atoms. The molecule has 0 aliphatic carbocycles. The van der Waals surface area contributed by atoms with Crippen molar-refractivity contribution in [3.8, 4) is 0 Å². The molecule has 2 aromatic carbocycles. The fraction of sp³-hybridized carbons (Fsp3) is 0.364. The minimum absolute atomic E-state index is 0.224. The Morgan fingerprint density at radius 3 is 2.12 bits per heavy atom. The lowest BCUT2D eigenvalue weighted by molar-refractivity contribution is 0.0466. The van der Waals surface area contributed by atoms with Crippen molar-refractivity contribution in [3.63, 3.8) is 0 Å². The molecule has 0 aromatic heterocycles. The highest BCUT2D eigenvalue weighted by molar-refractivity contribution is 5.93. The second kappa shape index (κ2) is 10.4. The smallest absolute Gasteiger partial charge is 0.338 e. The third kappa shape index (κ3) is 6.36. The molecule has 0 amide bonds. The number of hydrogen-bond donors (Lipinski definition) is 0. The van der Waals surface area contributed by atoms with Crippen LogP contribution in [0.4, 0.5) is 0 Å². The second-order valence-corrected chi connectivity index (χ2v) is 6.34. The zero-order valence-electron chi connectivity index (χ0n) is 15.5. The normalized spacial score (nSPS) is 10.4. The minimum Gasteiger partial charge on any atom is -0.462 e. The van der Waals surface area contributed by atoms with E-state index in [1.54, 1.807) is 24.3 Å². The number of hydrogen-bond acceptors (Lipinski definition) is 4. The van der Waals surface area contributed by atoms with Gasteiger partial charge in [0.2, 0.25) is 0 Å². The van der Waals surface area contributed by atoms with Crippen molar-refractivity contribution in [2.75, 3.05) is 6.61 Å². The summed E-state index contributed by atoms with van der Waals surface area (Å²) < 4.78 is 10.6. The van der Waals surface area contributed by atoms with Crippen molar-refractivity contribution in [1.29, 1.82) is 0 Å². The molecule has 0 heterocycles. The number of aryl methyl sites for hydroxylation is 1. The molecule has 0 aliphatic heterocycles. The van der Waals surface area contributed by atoms with E-state index in [0.717, 1.165) is 36.8 Å². The van der Waals surface area contributed by atoms with Crippen LogP contribution >= 0.6 is 0 Å². The number of rotatable bonds is 9. The molecule has 0 fully saturated rings. The third-order valence-electron chi connectivity index (χ3n) is 4.04. The Labute approximate surface area is 155 Å². The zero-order valence-corrected chi connectivity index (χ0v) is 15.5. The maximum absolute atomic E-state index is 12.1. The predicted molar refractivity (Wildman–Crippen MR) is 101 cm³/mol. The Balaban J connectivity index is 1.82. The van der Waals surface area contributed by atoms with E-state index in [4.69, 9.17) is 9.47 Å². The largest absolute Gasteiger partial charge is 0.462 e. The Kier molecular flexibility index (Phi) is 7.87. The van der Waals surface area contributed by atoms with Gasteiger partial charge in [-0.2, -0.15) is 0 Å². The summed E-state index contributed by atoms with van der Waals surface area (Å²) in [6.45, 7) is 4.79. The molecule has 0 saturated heterocycles. The predicted octanol–water partition coefficient (Wildman–Crippen LogP) is 5.09. The van der Waals surface area contributed by atoms with E-state index in [-0.39, 0.29) is 12.6 Å². The molecule has 0 unspecified atom stereocenters. The summed E-state index contributed by atoms with van der Waals surface area (Å²) in [5.41, 5.74) is 2.92. The molecule has 0 spiro atoms. The van der Waals surface area contributed by atoms with Gasteiger partial charge in [-0.3, -0.25) is 0 Å². The molecule has 0 saturated carbocycles. The summed E-state index contributed by atoms with van der Waals surface area (Å²) in [6.07, 6.45) is 4.24. The molecule has 0 radical (unpaired) electrons. The van der Waals surface area contributed by atoms with E-state index < -0.39 is 5.97 Å². The van der Waals surface area contributed by atoms with Crippen molar-refractivity contribution >= 4 is 11.9 Å². The van der Waals surface area contributed by atoms with Gasteiger partial charge in [0.05, 0.1) is 17.7 Å². The van der Waals surface area contributed by atoms with E-state index >= 15 is 0 Å². The van der Waals surface area contributed by atoms with Crippen LogP contribution in [0.5, 0.6) is 0 Å². The van der Waals surface area contributed by atoms with Crippen molar-refractivity contribution in [2.24, 2.45) is 0 Å². The van der Waals surface area contributed by atoms with Crippen LogP contribution in [0, 0.1) is 6.92 Å². The Morgan fingerprint density at radius 1 is 0.846 bits per heavy atom. The maximum Gasteiger partial charge on any atom is 0.338 e. The van der Waals surface area contributed by atoms with Crippen LogP contribution in [-0.4, -0.2) is 18.5 Å². The fourth-order valence-corrected chi connectivity index (χ4v) is 2.55. The van der Waals surface area contributed by atoms with Gasteiger partial charge in [0.1, 0.15) is 6.61 Å². The highest BCUT2D eigenvalue weighted by Crippen LogP contribution is 2.11. The molecule has 0 N–H and O–H groups in total. The maximum atomic E-state index is 12.1. The van der Waals surface area contributed by atoms with Gasteiger partial charge in [-0.1, -0.05) is 56.0 Å². The molecule has 0 bridgehead atoms. The molecular formula is C22H26O4. The molecule has 138 valence electrons. The monoisotopic (exact) mass is 354 g/mol. The number of carbonyl (C=O) groups excluding carboxylic acids is 2. The molecule has 2 aromatic rings. The average Bonchev–Trinajstić information content (AvgIpc) is 2.66. The summed E-state index contributed by atoms with van der Waals surface area (Å²) in [5.74, 6) is -0.771. The van der Waals surface area contributed by atoms with Crippen LogP contribution in [0.25, 0.3) is 0 Å². The van der Waals surface area contributed by atoms with E-state index in [9.17, 15) is 9.59 Å². The Bertz CT molecular complexity index is 719. The highest BCUT2D eigenvalue weighted by atomic mass is 16.5. The number of esters is 2. The van der Waals surface area contributed by atoms with Crippen LogP contribution in [0.3, 0.4) is 0 Å². The summed E-state index contributed by atoms with van der Waals surface area (Å²) in [4.78, 5) is 24.1. The van der Waals surface area contributed by atoms with E-state index in [1.807, 2.05) is 31.2 Å². The van der Waals surface area contributed by atoms with Gasteiger partial charge in [-0.25, -0.2) is 9.59 Å². The first-order valence-electron chi connectivity index (χ1n) is 9.10. The molecular weight excluding hydrogens is 328 g/mol. The van der Waals surface area contributed by atoms with Gasteiger partial charge in [0.15, 0.2) is 0 Å². The average molecular weight is 354 g/mol. The number of carbonyl (C=O) groups is 2. The summed E-state index contributed by atoms with van der Waals surface area (Å²) >= 11 is 0. The number of benzene rings is 2. The van der Waals surface area contributed by atoms with Gasteiger partial charge < -0.3 is 9.47 Å². The molecule has 4 nitrogen and oxygen atoms in total. The lowest BCUT2D eigenvalue weighted by Gasteiger charge is -2.07. The number of ether oxygens (including phenoxy) is 2. The lowest BCUT2D eigenvalue weighted by Crippen LogP contribution is -2.08. The molecule has 2 rings (SSSR count). The highest BCUT2D eigenvalue weighted by Gasteiger charge is 2.11. The Hall–Kier alpha value is -2.62. The topological polar surface area (TPSA) is 52.6 Å². The SMILES string of the molecule is CCCCCCOC(=O)c1ccc(C(=O)OCc2cccc(C)c2)cc1. The molecule has 0 atom stereocenters. The second-order valence-electron chi connectivity index (χ2n) is 6.34. The van der Waals surface area contributed by atoms with Gasteiger partial charge in [0, 0.05) is 0 Å². The van der Waals surface area contributed by atoms with Gasteiger partial charge in [-0.05, 0) is 43.2 Å².